The number of phenolic OH excluding ortho intramolecular Hbond substituents is 2. The van der Waals surface area contributed by atoms with E-state index in [0.29, 0.717) is 0 Å². The minimum atomic E-state index is 0.169. The molecule has 5 nitrogen and oxygen atoms in total. The van der Waals surface area contributed by atoms with E-state index in [2.05, 4.69) is 15.4 Å². The van der Waals surface area contributed by atoms with Gasteiger partial charge in [0.05, 0.1) is 0 Å². The number of H-pyrrole nitrogens is 1. The van der Waals surface area contributed by atoms with Crippen molar-refractivity contribution < 1.29 is 10.2 Å². The van der Waals surface area contributed by atoms with E-state index < -0.39 is 0 Å². The molecule has 17 heavy (non-hydrogen) atoms. The Hall–Kier alpha value is -2.56. The zero-order valence-corrected chi connectivity index (χ0v) is 8.91. The predicted molar refractivity (Wildman–Crippen MR) is 63.7 cm³/mol. The van der Waals surface area contributed by atoms with Gasteiger partial charge in [0.1, 0.15) is 22.5 Å². The number of nitrogens with one attached hydrogen (secondary N) is 1. The van der Waals surface area contributed by atoms with Gasteiger partial charge in [-0.15, -0.1) is 0 Å². The van der Waals surface area contributed by atoms with E-state index in [-0.39, 0.29) is 11.5 Å². The monoisotopic (exact) mass is 229 g/mol. The minimum Gasteiger partial charge on any atom is -0.508 e. The molecular weight excluding hydrogens is 218 g/mol. The van der Waals surface area contributed by atoms with Crippen molar-refractivity contribution in [2.24, 2.45) is 0 Å². The summed E-state index contributed by atoms with van der Waals surface area (Å²) in [6.45, 7) is 0. The number of hydrogen-bond donors (Lipinski definition) is 3. The average Bonchev–Trinajstić information content (AvgIpc) is 2.82. The van der Waals surface area contributed by atoms with Crippen molar-refractivity contribution in [3.05, 3.63) is 48.5 Å². The van der Waals surface area contributed by atoms with Crippen molar-refractivity contribution >= 4 is 11.0 Å². The van der Waals surface area contributed by atoms with Gasteiger partial charge in [-0.05, 0) is 36.4 Å². The number of fused-ring (bicyclic) bond motifs is 1. The van der Waals surface area contributed by atoms with Gasteiger partial charge in [-0.3, -0.25) is 0 Å². The first-order valence-electron chi connectivity index (χ1n) is 4.99. The Balaban J connectivity index is 0.000000128. The quantitative estimate of drug-likeness (QED) is 0.515. The van der Waals surface area contributed by atoms with E-state index in [1.165, 1.54) is 24.3 Å². The van der Waals surface area contributed by atoms with E-state index >= 15 is 0 Å². The number of benzene rings is 2. The Bertz CT molecular complexity index is 539. The third-order valence-corrected chi connectivity index (χ3v) is 2.07. The molecule has 0 aliphatic rings. The van der Waals surface area contributed by atoms with Crippen molar-refractivity contribution in [2.75, 3.05) is 0 Å². The van der Waals surface area contributed by atoms with Crippen LogP contribution in [0.4, 0.5) is 0 Å². The molecule has 0 saturated carbocycles. The summed E-state index contributed by atoms with van der Waals surface area (Å²) in [6.07, 6.45) is 0. The Kier molecular flexibility index (Phi) is 3.20. The second-order valence-electron chi connectivity index (χ2n) is 3.33. The molecule has 0 aliphatic carbocycles. The lowest BCUT2D eigenvalue weighted by Crippen LogP contribution is -1.63. The number of rotatable bonds is 0. The van der Waals surface area contributed by atoms with Gasteiger partial charge in [-0.25, -0.2) is 0 Å². The molecule has 3 rings (SSSR count). The highest BCUT2D eigenvalue weighted by molar-refractivity contribution is 5.72. The van der Waals surface area contributed by atoms with E-state index in [9.17, 15) is 0 Å². The van der Waals surface area contributed by atoms with Crippen LogP contribution in [0.1, 0.15) is 0 Å². The van der Waals surface area contributed by atoms with Gasteiger partial charge >= 0.3 is 0 Å². The summed E-state index contributed by atoms with van der Waals surface area (Å²) in [6, 6.07) is 13.4. The maximum absolute atomic E-state index is 8.65. The van der Waals surface area contributed by atoms with Gasteiger partial charge in [-0.2, -0.15) is 15.4 Å². The number of nitrogens with zero attached hydrogens (tertiary/aromatic N) is 2. The van der Waals surface area contributed by atoms with Gasteiger partial charge < -0.3 is 10.2 Å². The Labute approximate surface area is 97.3 Å². The van der Waals surface area contributed by atoms with E-state index in [4.69, 9.17) is 10.2 Å². The van der Waals surface area contributed by atoms with Gasteiger partial charge in [0.2, 0.25) is 0 Å². The number of hydrogen-bond acceptors (Lipinski definition) is 4. The van der Waals surface area contributed by atoms with Gasteiger partial charge in [0.15, 0.2) is 0 Å². The molecule has 0 radical (unpaired) electrons. The zero-order chi connectivity index (χ0) is 12.1. The summed E-state index contributed by atoms with van der Waals surface area (Å²) in [5.41, 5.74) is 1.83. The molecule has 3 aromatic rings. The maximum Gasteiger partial charge on any atom is 0.115 e. The summed E-state index contributed by atoms with van der Waals surface area (Å²) in [4.78, 5) is 0. The molecular formula is C12H11N3O2. The van der Waals surface area contributed by atoms with Gasteiger partial charge in [0, 0.05) is 0 Å². The number of para-hydroxylation sites is 2. The predicted octanol–water partition coefficient (Wildman–Crippen LogP) is 2.06. The van der Waals surface area contributed by atoms with Crippen LogP contribution in [0.2, 0.25) is 0 Å². The lowest BCUT2D eigenvalue weighted by atomic mass is 10.3. The number of aromatic hydroxyl groups is 2. The lowest BCUT2D eigenvalue weighted by molar-refractivity contribution is 0.460. The second-order valence-corrected chi connectivity index (χ2v) is 3.33. The standard InChI is InChI=1S/C6H5N3.C6H6O2/c1-2-4-6-5(3-1)7-9-8-6;7-5-1-2-6(8)4-3-5/h1-4H,(H,7,8,9);1-4,7-8H. The highest BCUT2D eigenvalue weighted by Crippen LogP contribution is 2.13. The summed E-state index contributed by atoms with van der Waals surface area (Å²) < 4.78 is 0. The van der Waals surface area contributed by atoms with Crippen LogP contribution in [0.25, 0.3) is 11.0 Å². The molecule has 1 heterocycles. The fourth-order valence-electron chi connectivity index (χ4n) is 1.24. The average molecular weight is 229 g/mol. The summed E-state index contributed by atoms with van der Waals surface area (Å²) >= 11 is 0. The normalized spacial score (nSPS) is 9.65. The van der Waals surface area contributed by atoms with Crippen molar-refractivity contribution in [1.82, 2.24) is 15.4 Å². The third-order valence-electron chi connectivity index (χ3n) is 2.07. The molecule has 2 aromatic carbocycles. The number of phenols is 2. The van der Waals surface area contributed by atoms with Crippen LogP contribution in [0.5, 0.6) is 11.5 Å². The fourth-order valence-corrected chi connectivity index (χ4v) is 1.24. The molecule has 0 atom stereocenters. The Morgan fingerprint density at radius 2 is 1.12 bits per heavy atom. The largest absolute Gasteiger partial charge is 0.508 e. The molecule has 5 heteroatoms. The lowest BCUT2D eigenvalue weighted by Gasteiger charge is -1.88. The first-order chi connectivity index (χ1) is 8.25. The van der Waals surface area contributed by atoms with Crippen LogP contribution in [0.3, 0.4) is 0 Å². The first kappa shape index (κ1) is 10.9. The van der Waals surface area contributed by atoms with E-state index in [1.807, 2.05) is 24.3 Å². The van der Waals surface area contributed by atoms with E-state index in [0.717, 1.165) is 11.0 Å². The van der Waals surface area contributed by atoms with Crippen LogP contribution < -0.4 is 0 Å². The summed E-state index contributed by atoms with van der Waals surface area (Å²) in [5.74, 6) is 0.339. The van der Waals surface area contributed by atoms with E-state index in [1.54, 1.807) is 0 Å². The SMILES string of the molecule is Oc1ccc(O)cc1.c1ccc2n[nH]nc2c1. The molecule has 3 N–H and O–H groups in total. The summed E-state index contributed by atoms with van der Waals surface area (Å²) in [5, 5.41) is 27.6. The third kappa shape index (κ3) is 2.94. The molecule has 86 valence electrons. The van der Waals surface area contributed by atoms with Crippen molar-refractivity contribution in [3.63, 3.8) is 0 Å². The van der Waals surface area contributed by atoms with Gasteiger partial charge in [0.25, 0.3) is 0 Å². The fraction of sp³-hybridized carbons (Fsp3) is 0. The number of aromatic amines is 1. The molecule has 0 aliphatic heterocycles. The smallest absolute Gasteiger partial charge is 0.115 e. The molecule has 0 amide bonds. The molecule has 0 spiro atoms. The highest BCUT2D eigenvalue weighted by atomic mass is 16.3. The van der Waals surface area contributed by atoms with Gasteiger partial charge in [-0.1, -0.05) is 12.1 Å². The molecule has 0 fully saturated rings. The minimum absolute atomic E-state index is 0.169. The van der Waals surface area contributed by atoms with Crippen LogP contribution in [-0.4, -0.2) is 25.6 Å². The highest BCUT2D eigenvalue weighted by Gasteiger charge is 1.90. The van der Waals surface area contributed by atoms with Crippen molar-refractivity contribution in [1.29, 1.82) is 0 Å². The Morgan fingerprint density at radius 1 is 0.706 bits per heavy atom. The molecule has 1 aromatic heterocycles. The van der Waals surface area contributed by atoms with Crippen LogP contribution in [0, 0.1) is 0 Å². The van der Waals surface area contributed by atoms with Crippen LogP contribution in [0.15, 0.2) is 48.5 Å². The zero-order valence-electron chi connectivity index (χ0n) is 8.91. The molecule has 0 saturated heterocycles. The molecule has 0 bridgehead atoms. The van der Waals surface area contributed by atoms with Crippen LogP contribution in [-0.2, 0) is 0 Å². The number of aromatic nitrogens is 3. The summed E-state index contributed by atoms with van der Waals surface area (Å²) in [7, 11) is 0. The Morgan fingerprint density at radius 3 is 1.53 bits per heavy atom. The maximum atomic E-state index is 8.65. The van der Waals surface area contributed by atoms with Crippen LogP contribution >= 0.6 is 0 Å². The first-order valence-corrected chi connectivity index (χ1v) is 4.99. The second kappa shape index (κ2) is 4.98. The van der Waals surface area contributed by atoms with Crippen molar-refractivity contribution in [3.8, 4) is 11.5 Å². The van der Waals surface area contributed by atoms with Crippen molar-refractivity contribution in [2.45, 2.75) is 0 Å². The molecule has 0 unspecified atom stereocenters. The topological polar surface area (TPSA) is 82.0 Å².